The molecule has 0 fully saturated rings. The summed E-state index contributed by atoms with van der Waals surface area (Å²) >= 11 is 0. The maximum Gasteiger partial charge on any atom is 0.156 e. The Morgan fingerprint density at radius 3 is 3.05 bits per heavy atom. The highest BCUT2D eigenvalue weighted by Crippen LogP contribution is 2.24. The molecule has 3 aromatic rings. The summed E-state index contributed by atoms with van der Waals surface area (Å²) in [6.45, 7) is 0.429. The van der Waals surface area contributed by atoms with Crippen molar-refractivity contribution >= 4 is 16.6 Å². The van der Waals surface area contributed by atoms with Crippen LogP contribution in [-0.2, 0) is 0 Å². The lowest BCUT2D eigenvalue weighted by atomic mass is 10.1. The zero-order valence-electron chi connectivity index (χ0n) is 10.5. The maximum atomic E-state index is 9.03. The number of pyridine rings is 2. The molecule has 0 aliphatic carbocycles. The van der Waals surface area contributed by atoms with Crippen molar-refractivity contribution in [3.63, 3.8) is 0 Å². The molecule has 1 N–H and O–H groups in total. The van der Waals surface area contributed by atoms with E-state index in [0.717, 1.165) is 27.5 Å². The van der Waals surface area contributed by atoms with Crippen molar-refractivity contribution in [1.82, 2.24) is 15.0 Å². The fourth-order valence-electron chi connectivity index (χ4n) is 2.47. The second kappa shape index (κ2) is 4.00. The third-order valence-corrected chi connectivity index (χ3v) is 3.46. The molecule has 0 aromatic carbocycles. The molecule has 1 aliphatic rings. The van der Waals surface area contributed by atoms with Crippen LogP contribution in [0.25, 0.3) is 27.9 Å². The number of aromatic nitrogens is 3. The first kappa shape index (κ1) is 10.9. The molecule has 5 nitrogen and oxygen atoms in total. The molecule has 0 radical (unpaired) electrons. The highest BCUT2D eigenvalue weighted by Gasteiger charge is 2.10. The molecule has 0 amide bonds. The highest BCUT2D eigenvalue weighted by molar-refractivity contribution is 5.91. The van der Waals surface area contributed by atoms with Gasteiger partial charge in [0.05, 0.1) is 23.9 Å². The summed E-state index contributed by atoms with van der Waals surface area (Å²) in [6, 6.07) is 9.95. The number of rotatable bonds is 1. The van der Waals surface area contributed by atoms with E-state index in [1.165, 1.54) is 0 Å². The Labute approximate surface area is 114 Å². The lowest BCUT2D eigenvalue weighted by Crippen LogP contribution is -2.26. The summed E-state index contributed by atoms with van der Waals surface area (Å²) in [6.07, 6.45) is 3.62. The number of nitrogens with zero attached hydrogens (tertiary/aromatic N) is 4. The molecule has 5 heteroatoms. The van der Waals surface area contributed by atoms with Crippen LogP contribution in [0.1, 0.15) is 0 Å². The first-order chi connectivity index (χ1) is 9.86. The molecule has 0 bridgehead atoms. The Bertz CT molecular complexity index is 991. The van der Waals surface area contributed by atoms with E-state index in [2.05, 4.69) is 26.0 Å². The van der Waals surface area contributed by atoms with Gasteiger partial charge in [0.15, 0.2) is 5.49 Å². The predicted octanol–water partition coefficient (Wildman–Crippen LogP) is 0.932. The molecule has 0 saturated carbocycles. The van der Waals surface area contributed by atoms with Gasteiger partial charge in [-0.25, -0.2) is 9.97 Å². The van der Waals surface area contributed by atoms with Crippen LogP contribution in [0, 0.1) is 11.3 Å². The van der Waals surface area contributed by atoms with Crippen LogP contribution >= 0.6 is 0 Å². The summed E-state index contributed by atoms with van der Waals surface area (Å²) in [5.74, 6) is 0. The SMILES string of the molecule is N#CC1=c2ccc(-c3ccnc4[nH]ccc34)nc2=NC1. The van der Waals surface area contributed by atoms with Crippen LogP contribution in [0.2, 0.25) is 0 Å². The van der Waals surface area contributed by atoms with Crippen molar-refractivity contribution in [1.29, 1.82) is 5.26 Å². The topological polar surface area (TPSA) is 77.7 Å². The molecule has 0 saturated heterocycles. The van der Waals surface area contributed by atoms with E-state index in [0.29, 0.717) is 17.6 Å². The molecule has 3 aromatic heterocycles. The minimum absolute atomic E-state index is 0.429. The van der Waals surface area contributed by atoms with Crippen molar-refractivity contribution in [2.24, 2.45) is 4.99 Å². The van der Waals surface area contributed by atoms with Crippen molar-refractivity contribution in [3.8, 4) is 17.3 Å². The first-order valence-electron chi connectivity index (χ1n) is 6.24. The summed E-state index contributed by atoms with van der Waals surface area (Å²) < 4.78 is 0. The van der Waals surface area contributed by atoms with Gasteiger partial charge in [-0.1, -0.05) is 0 Å². The molecule has 1 aliphatic heterocycles. The Balaban J connectivity index is 2.00. The van der Waals surface area contributed by atoms with Gasteiger partial charge in [0.25, 0.3) is 0 Å². The van der Waals surface area contributed by atoms with Crippen LogP contribution < -0.4 is 10.7 Å². The Morgan fingerprint density at radius 2 is 2.15 bits per heavy atom. The van der Waals surface area contributed by atoms with Crippen LogP contribution in [0.4, 0.5) is 0 Å². The number of hydrogen-bond acceptors (Lipinski definition) is 4. The van der Waals surface area contributed by atoms with E-state index < -0.39 is 0 Å². The number of hydrogen-bond donors (Lipinski definition) is 1. The van der Waals surface area contributed by atoms with E-state index in [-0.39, 0.29) is 0 Å². The standard InChI is InChI=1S/C15H9N5/c16-7-9-8-19-15-10(9)1-2-13(20-15)11-3-5-17-14-12(11)4-6-18-14/h1-6H,8H2,(H,17,18). The second-order valence-electron chi connectivity index (χ2n) is 4.57. The molecule has 20 heavy (non-hydrogen) atoms. The van der Waals surface area contributed by atoms with Crippen molar-refractivity contribution in [3.05, 3.63) is 47.4 Å². The number of nitriles is 1. The van der Waals surface area contributed by atoms with Crippen LogP contribution in [0.5, 0.6) is 0 Å². The second-order valence-corrected chi connectivity index (χ2v) is 4.57. The van der Waals surface area contributed by atoms with Gasteiger partial charge < -0.3 is 4.98 Å². The molecule has 94 valence electrons. The van der Waals surface area contributed by atoms with Gasteiger partial charge in [-0.05, 0) is 24.3 Å². The van der Waals surface area contributed by atoms with Crippen LogP contribution in [-0.4, -0.2) is 21.5 Å². The average molecular weight is 259 g/mol. The molecular formula is C15H9N5. The number of aromatic amines is 1. The average Bonchev–Trinajstić information content (AvgIpc) is 3.12. The minimum atomic E-state index is 0.429. The molecule has 0 spiro atoms. The van der Waals surface area contributed by atoms with Gasteiger partial charge in [-0.2, -0.15) is 5.26 Å². The quantitative estimate of drug-likeness (QED) is 0.706. The van der Waals surface area contributed by atoms with Gasteiger partial charge >= 0.3 is 0 Å². The third kappa shape index (κ3) is 1.45. The molecule has 0 unspecified atom stereocenters. The van der Waals surface area contributed by atoms with Crippen LogP contribution in [0.15, 0.2) is 41.7 Å². The lowest BCUT2D eigenvalue weighted by Gasteiger charge is -2.01. The lowest BCUT2D eigenvalue weighted by molar-refractivity contribution is 1.10. The summed E-state index contributed by atoms with van der Waals surface area (Å²) in [5, 5.41) is 10.9. The smallest absolute Gasteiger partial charge is 0.156 e. The number of H-pyrrole nitrogens is 1. The van der Waals surface area contributed by atoms with E-state index in [1.54, 1.807) is 6.20 Å². The normalized spacial score (nSPS) is 13.1. The summed E-state index contributed by atoms with van der Waals surface area (Å²) in [4.78, 5) is 16.2. The van der Waals surface area contributed by atoms with E-state index in [4.69, 9.17) is 5.26 Å². The fraction of sp³-hybridized carbons (Fsp3) is 0.0667. The van der Waals surface area contributed by atoms with Gasteiger partial charge in [-0.3, -0.25) is 4.99 Å². The molecule has 4 heterocycles. The zero-order chi connectivity index (χ0) is 13.5. The molecule has 4 rings (SSSR count). The minimum Gasteiger partial charge on any atom is -0.346 e. The van der Waals surface area contributed by atoms with E-state index in [9.17, 15) is 0 Å². The monoisotopic (exact) mass is 259 g/mol. The van der Waals surface area contributed by atoms with E-state index in [1.807, 2.05) is 30.5 Å². The Hall–Kier alpha value is -3.00. The van der Waals surface area contributed by atoms with Crippen LogP contribution in [0.3, 0.4) is 0 Å². The maximum absolute atomic E-state index is 9.03. The van der Waals surface area contributed by atoms with Gasteiger partial charge in [0, 0.05) is 28.6 Å². The molecule has 0 atom stereocenters. The molecular weight excluding hydrogens is 250 g/mol. The Kier molecular flexibility index (Phi) is 2.18. The van der Waals surface area contributed by atoms with Gasteiger partial charge in [0.2, 0.25) is 0 Å². The number of fused-ring (bicyclic) bond motifs is 2. The van der Waals surface area contributed by atoms with E-state index >= 15 is 0 Å². The van der Waals surface area contributed by atoms with Crippen molar-refractivity contribution < 1.29 is 0 Å². The fourth-order valence-corrected chi connectivity index (χ4v) is 2.47. The number of nitrogens with one attached hydrogen (secondary N) is 1. The predicted molar refractivity (Wildman–Crippen MR) is 74.0 cm³/mol. The van der Waals surface area contributed by atoms with Gasteiger partial charge in [-0.15, -0.1) is 0 Å². The zero-order valence-corrected chi connectivity index (χ0v) is 10.5. The summed E-state index contributed by atoms with van der Waals surface area (Å²) in [5.41, 5.74) is 4.03. The van der Waals surface area contributed by atoms with Crippen molar-refractivity contribution in [2.45, 2.75) is 0 Å². The first-order valence-corrected chi connectivity index (χ1v) is 6.24. The summed E-state index contributed by atoms with van der Waals surface area (Å²) in [7, 11) is 0. The van der Waals surface area contributed by atoms with Crippen molar-refractivity contribution in [2.75, 3.05) is 6.54 Å². The Morgan fingerprint density at radius 1 is 1.20 bits per heavy atom. The highest BCUT2D eigenvalue weighted by atomic mass is 14.9. The third-order valence-electron chi connectivity index (χ3n) is 3.46. The van der Waals surface area contributed by atoms with Gasteiger partial charge in [0.1, 0.15) is 5.65 Å². The largest absolute Gasteiger partial charge is 0.346 e.